The second-order valence-electron chi connectivity index (χ2n) is 2.82. The largest absolute Gasteiger partial charge is 0.334 e. The van der Waals surface area contributed by atoms with E-state index in [1.165, 1.54) is 0 Å². The van der Waals surface area contributed by atoms with Crippen LogP contribution in [0.1, 0.15) is 12.7 Å². The van der Waals surface area contributed by atoms with Crippen molar-refractivity contribution in [2.75, 3.05) is 7.05 Å². The van der Waals surface area contributed by atoms with Crippen LogP contribution in [0.4, 0.5) is 0 Å². The molecule has 0 amide bonds. The zero-order valence-electron chi connectivity index (χ0n) is 7.33. The molecule has 1 aromatic heterocycles. The molecule has 1 N–H and O–H groups in total. The molecule has 62 valence electrons. The molecule has 0 saturated heterocycles. The Balaban J connectivity index is 2.56. The zero-order chi connectivity index (χ0) is 8.27. The molecule has 0 saturated carbocycles. The molecule has 3 heteroatoms. The second-order valence-corrected chi connectivity index (χ2v) is 2.82. The fraction of sp³-hybridized carbons (Fsp3) is 0.625. The van der Waals surface area contributed by atoms with Crippen LogP contribution in [0.3, 0.4) is 0 Å². The molecule has 3 nitrogen and oxygen atoms in total. The minimum Gasteiger partial charge on any atom is -0.334 e. The summed E-state index contributed by atoms with van der Waals surface area (Å²) in [7, 11) is 1.97. The summed E-state index contributed by atoms with van der Waals surface area (Å²) >= 11 is 0. The summed E-state index contributed by atoms with van der Waals surface area (Å²) in [6, 6.07) is 0.503. The lowest BCUT2D eigenvalue weighted by Crippen LogP contribution is -2.26. The van der Waals surface area contributed by atoms with E-state index in [0.29, 0.717) is 6.04 Å². The third kappa shape index (κ3) is 2.05. The molecule has 0 fully saturated rings. The summed E-state index contributed by atoms with van der Waals surface area (Å²) in [5, 5.41) is 3.18. The Labute approximate surface area is 67.4 Å². The maximum absolute atomic E-state index is 4.14. The van der Waals surface area contributed by atoms with Gasteiger partial charge in [-0.1, -0.05) is 0 Å². The van der Waals surface area contributed by atoms with Gasteiger partial charge >= 0.3 is 0 Å². The van der Waals surface area contributed by atoms with Crippen molar-refractivity contribution in [3.63, 3.8) is 0 Å². The Morgan fingerprint density at radius 2 is 2.45 bits per heavy atom. The summed E-state index contributed by atoms with van der Waals surface area (Å²) < 4.78 is 2.14. The van der Waals surface area contributed by atoms with Crippen LogP contribution in [-0.4, -0.2) is 22.6 Å². The number of likely N-dealkylation sites (N-methyl/N-ethyl adjacent to an activating group) is 1. The Kier molecular flexibility index (Phi) is 2.65. The topological polar surface area (TPSA) is 29.9 Å². The van der Waals surface area contributed by atoms with E-state index < -0.39 is 0 Å². The van der Waals surface area contributed by atoms with Gasteiger partial charge in [-0.15, -0.1) is 0 Å². The monoisotopic (exact) mass is 153 g/mol. The van der Waals surface area contributed by atoms with Crippen molar-refractivity contribution in [1.29, 1.82) is 0 Å². The maximum Gasteiger partial charge on any atom is 0.105 e. The van der Waals surface area contributed by atoms with Crippen molar-refractivity contribution in [2.45, 2.75) is 26.4 Å². The van der Waals surface area contributed by atoms with Gasteiger partial charge < -0.3 is 9.88 Å². The number of imidazole rings is 1. The Bertz CT molecular complexity index is 217. The Morgan fingerprint density at radius 3 is 2.91 bits per heavy atom. The molecule has 0 bridgehead atoms. The van der Waals surface area contributed by atoms with Crippen molar-refractivity contribution in [3.8, 4) is 0 Å². The molecule has 0 spiro atoms. The zero-order valence-corrected chi connectivity index (χ0v) is 7.33. The summed E-state index contributed by atoms with van der Waals surface area (Å²) in [6.07, 6.45) is 3.83. The number of aryl methyl sites for hydroxylation is 1. The lowest BCUT2D eigenvalue weighted by molar-refractivity contribution is 0.507. The highest BCUT2D eigenvalue weighted by molar-refractivity contribution is 4.89. The van der Waals surface area contributed by atoms with Crippen LogP contribution in [0.5, 0.6) is 0 Å². The number of hydrogen-bond acceptors (Lipinski definition) is 2. The fourth-order valence-corrected chi connectivity index (χ4v) is 0.983. The predicted molar refractivity (Wildman–Crippen MR) is 45.5 cm³/mol. The molecule has 1 atom stereocenters. The molecule has 0 aromatic carbocycles. The molecule has 1 rings (SSSR count). The Hall–Kier alpha value is -0.830. The molecular formula is C8H15N3. The SMILES string of the molecule is CNC(C)Cn1ccnc1C. The molecule has 1 heterocycles. The van der Waals surface area contributed by atoms with Gasteiger partial charge in [0.05, 0.1) is 0 Å². The first-order valence-electron chi connectivity index (χ1n) is 3.89. The first-order chi connectivity index (χ1) is 5.24. The standard InChI is InChI=1S/C8H15N3/c1-7(9-3)6-11-5-4-10-8(11)2/h4-5,7,9H,6H2,1-3H3. The van der Waals surface area contributed by atoms with Crippen LogP contribution < -0.4 is 5.32 Å². The number of rotatable bonds is 3. The average molecular weight is 153 g/mol. The number of nitrogens with one attached hydrogen (secondary N) is 1. The molecule has 0 aliphatic carbocycles. The van der Waals surface area contributed by atoms with Crippen LogP contribution in [-0.2, 0) is 6.54 Å². The molecule has 0 radical (unpaired) electrons. The minimum absolute atomic E-state index is 0.503. The molecular weight excluding hydrogens is 138 g/mol. The van der Waals surface area contributed by atoms with E-state index in [-0.39, 0.29) is 0 Å². The van der Waals surface area contributed by atoms with Gasteiger partial charge in [0.15, 0.2) is 0 Å². The highest BCUT2D eigenvalue weighted by atomic mass is 15.1. The van der Waals surface area contributed by atoms with E-state index in [1.54, 1.807) is 0 Å². The first kappa shape index (κ1) is 8.27. The van der Waals surface area contributed by atoms with E-state index in [9.17, 15) is 0 Å². The summed E-state index contributed by atoms with van der Waals surface area (Å²) in [5.41, 5.74) is 0. The molecule has 0 aliphatic heterocycles. The third-order valence-electron chi connectivity index (χ3n) is 1.89. The number of aromatic nitrogens is 2. The van der Waals surface area contributed by atoms with Crippen molar-refractivity contribution in [3.05, 3.63) is 18.2 Å². The lowest BCUT2D eigenvalue weighted by atomic mass is 10.3. The smallest absolute Gasteiger partial charge is 0.105 e. The molecule has 11 heavy (non-hydrogen) atoms. The maximum atomic E-state index is 4.14. The number of hydrogen-bond donors (Lipinski definition) is 1. The molecule has 1 aromatic rings. The minimum atomic E-state index is 0.503. The summed E-state index contributed by atoms with van der Waals surface area (Å²) in [4.78, 5) is 4.14. The molecule has 1 unspecified atom stereocenters. The fourth-order valence-electron chi connectivity index (χ4n) is 0.983. The summed E-state index contributed by atoms with van der Waals surface area (Å²) in [6.45, 7) is 5.16. The van der Waals surface area contributed by atoms with Crippen molar-refractivity contribution >= 4 is 0 Å². The van der Waals surface area contributed by atoms with Gasteiger partial charge in [-0.05, 0) is 20.9 Å². The van der Waals surface area contributed by atoms with E-state index in [2.05, 4.69) is 21.8 Å². The second kappa shape index (κ2) is 3.53. The van der Waals surface area contributed by atoms with Gasteiger partial charge in [0.1, 0.15) is 5.82 Å². The quantitative estimate of drug-likeness (QED) is 0.696. The first-order valence-corrected chi connectivity index (χ1v) is 3.89. The van der Waals surface area contributed by atoms with Crippen LogP contribution in [0.2, 0.25) is 0 Å². The van der Waals surface area contributed by atoms with E-state index >= 15 is 0 Å². The normalized spacial score (nSPS) is 13.4. The lowest BCUT2D eigenvalue weighted by Gasteiger charge is -2.11. The third-order valence-corrected chi connectivity index (χ3v) is 1.89. The highest BCUT2D eigenvalue weighted by Gasteiger charge is 2.00. The van der Waals surface area contributed by atoms with Crippen molar-refractivity contribution in [1.82, 2.24) is 14.9 Å². The molecule has 0 aliphatic rings. The van der Waals surface area contributed by atoms with Crippen LogP contribution in [0.25, 0.3) is 0 Å². The van der Waals surface area contributed by atoms with Gasteiger partial charge in [-0.2, -0.15) is 0 Å². The van der Waals surface area contributed by atoms with E-state index in [1.807, 2.05) is 26.4 Å². The van der Waals surface area contributed by atoms with Crippen LogP contribution in [0, 0.1) is 6.92 Å². The van der Waals surface area contributed by atoms with E-state index in [4.69, 9.17) is 0 Å². The van der Waals surface area contributed by atoms with Crippen LogP contribution >= 0.6 is 0 Å². The number of nitrogens with zero attached hydrogens (tertiary/aromatic N) is 2. The van der Waals surface area contributed by atoms with E-state index in [0.717, 1.165) is 12.4 Å². The van der Waals surface area contributed by atoms with Crippen LogP contribution in [0.15, 0.2) is 12.4 Å². The summed E-state index contributed by atoms with van der Waals surface area (Å²) in [5.74, 6) is 1.08. The van der Waals surface area contributed by atoms with Gasteiger partial charge in [0.2, 0.25) is 0 Å². The van der Waals surface area contributed by atoms with Gasteiger partial charge in [-0.25, -0.2) is 4.98 Å². The average Bonchev–Trinajstić information content (AvgIpc) is 2.37. The van der Waals surface area contributed by atoms with Gasteiger partial charge in [0, 0.05) is 25.0 Å². The van der Waals surface area contributed by atoms with Gasteiger partial charge in [-0.3, -0.25) is 0 Å². The van der Waals surface area contributed by atoms with Crippen molar-refractivity contribution < 1.29 is 0 Å². The Morgan fingerprint density at radius 1 is 1.73 bits per heavy atom. The van der Waals surface area contributed by atoms with Gasteiger partial charge in [0.25, 0.3) is 0 Å². The predicted octanol–water partition coefficient (Wildman–Crippen LogP) is 0.799. The highest BCUT2D eigenvalue weighted by Crippen LogP contribution is 1.96. The van der Waals surface area contributed by atoms with Crippen molar-refractivity contribution in [2.24, 2.45) is 0 Å².